The summed E-state index contributed by atoms with van der Waals surface area (Å²) in [4.78, 5) is 54.9. The van der Waals surface area contributed by atoms with Crippen LogP contribution in [0.2, 0.25) is 0 Å². The van der Waals surface area contributed by atoms with Crippen LogP contribution in [0, 0.1) is 11.3 Å². The van der Waals surface area contributed by atoms with Gasteiger partial charge in [0.05, 0.1) is 17.4 Å². The largest absolute Gasteiger partial charge is 0.462 e. The highest BCUT2D eigenvalue weighted by molar-refractivity contribution is 8.00. The predicted molar refractivity (Wildman–Crippen MR) is 200 cm³/mol. The maximum absolute atomic E-state index is 13.5. The molecule has 3 N–H and O–H groups in total. The Morgan fingerprint density at radius 2 is 1.82 bits per heavy atom. The summed E-state index contributed by atoms with van der Waals surface area (Å²) < 4.78 is 5.41. The number of ether oxygens (including phenoxy) is 1. The number of hydrogen-bond donors (Lipinski definition) is 3. The molecule has 2 unspecified atom stereocenters. The van der Waals surface area contributed by atoms with E-state index in [-0.39, 0.29) is 23.6 Å². The van der Waals surface area contributed by atoms with E-state index in [0.717, 1.165) is 40.2 Å². The van der Waals surface area contributed by atoms with Gasteiger partial charge in [-0.3, -0.25) is 14.4 Å². The van der Waals surface area contributed by atoms with E-state index < -0.39 is 23.0 Å². The average molecular weight is 716 g/mol. The zero-order valence-corrected chi connectivity index (χ0v) is 30.7. The minimum atomic E-state index is -0.512. The highest BCUT2D eigenvalue weighted by Gasteiger charge is 2.35. The second-order valence-electron chi connectivity index (χ2n) is 12.9. The first-order valence-corrected chi connectivity index (χ1v) is 18.9. The summed E-state index contributed by atoms with van der Waals surface area (Å²) >= 11 is 4.30. The van der Waals surface area contributed by atoms with Crippen LogP contribution in [0.1, 0.15) is 77.8 Å². The van der Waals surface area contributed by atoms with Gasteiger partial charge in [0.2, 0.25) is 5.91 Å². The lowest BCUT2D eigenvalue weighted by Crippen LogP contribution is -2.30. The van der Waals surface area contributed by atoms with Gasteiger partial charge in [-0.15, -0.1) is 23.1 Å². The topological polar surface area (TPSA) is 114 Å². The lowest BCUT2D eigenvalue weighted by Gasteiger charge is -2.33. The fourth-order valence-electron chi connectivity index (χ4n) is 5.62. The molecule has 11 heteroatoms. The van der Waals surface area contributed by atoms with E-state index in [1.807, 2.05) is 29.0 Å². The number of thiophene rings is 2. The maximum Gasteiger partial charge on any atom is 0.341 e. The van der Waals surface area contributed by atoms with E-state index in [1.165, 1.54) is 34.4 Å². The van der Waals surface area contributed by atoms with Crippen LogP contribution >= 0.6 is 34.4 Å². The van der Waals surface area contributed by atoms with Crippen LogP contribution in [0.4, 0.5) is 10.7 Å². The Morgan fingerprint density at radius 1 is 1.04 bits per heavy atom. The Morgan fingerprint density at radius 3 is 2.51 bits per heavy atom. The summed E-state index contributed by atoms with van der Waals surface area (Å²) in [5.74, 6) is -1.03. The Hall–Kier alpha value is -4.19. The molecule has 2 atom stereocenters. The number of fused-ring (bicyclic) bond motifs is 1. The highest BCUT2D eigenvalue weighted by atomic mass is 32.2. The maximum atomic E-state index is 13.5. The minimum Gasteiger partial charge on any atom is -0.462 e. The highest BCUT2D eigenvalue weighted by Crippen LogP contribution is 2.44. The van der Waals surface area contributed by atoms with Crippen molar-refractivity contribution in [2.45, 2.75) is 64.0 Å². The third-order valence-corrected chi connectivity index (χ3v) is 11.3. The fraction of sp³-hybridized carbons (Fsp3) is 0.316. The zero-order valence-electron chi connectivity index (χ0n) is 28.3. The van der Waals surface area contributed by atoms with E-state index in [9.17, 15) is 19.2 Å². The van der Waals surface area contributed by atoms with E-state index in [0.29, 0.717) is 27.7 Å². The average Bonchev–Trinajstić information content (AvgIpc) is 3.71. The standard InChI is InChI=1S/C38H41N3O5S3/c1-6-46-37(45)32-29-16-15-26(38(3,4)5)20-31(29)49-36(32)41-33(42)23(2)48-28-14-10-13-27(21-28)39-35(44)30(19-24-17-18-47-22-24)40-34(43)25-11-8-7-9-12-25/h7-14,17-19,21-23,26H,6,15-16,20H2,1-5H3,(H,39,44)(H,40,43)(H,41,42)/b30-19-. The second kappa shape index (κ2) is 16.0. The molecular weight excluding hydrogens is 675 g/mol. The third kappa shape index (κ3) is 9.29. The van der Waals surface area contributed by atoms with Crippen molar-refractivity contribution in [1.82, 2.24) is 5.32 Å². The molecule has 0 aliphatic heterocycles. The van der Waals surface area contributed by atoms with E-state index in [4.69, 9.17) is 4.74 Å². The van der Waals surface area contributed by atoms with Crippen molar-refractivity contribution in [3.63, 3.8) is 0 Å². The third-order valence-electron chi connectivity index (χ3n) is 8.36. The van der Waals surface area contributed by atoms with E-state index in [2.05, 4.69) is 36.7 Å². The van der Waals surface area contributed by atoms with Gasteiger partial charge in [0, 0.05) is 21.0 Å². The van der Waals surface area contributed by atoms with Crippen LogP contribution in [0.25, 0.3) is 6.08 Å². The molecule has 0 saturated carbocycles. The molecule has 49 heavy (non-hydrogen) atoms. The van der Waals surface area contributed by atoms with Gasteiger partial charge in [0.15, 0.2) is 0 Å². The summed E-state index contributed by atoms with van der Waals surface area (Å²) in [6.07, 6.45) is 4.26. The number of benzene rings is 2. The number of nitrogens with one attached hydrogen (secondary N) is 3. The molecule has 0 bridgehead atoms. The van der Waals surface area contributed by atoms with Gasteiger partial charge in [-0.05, 0) is 109 Å². The number of anilines is 2. The summed E-state index contributed by atoms with van der Waals surface area (Å²) in [6, 6.07) is 17.8. The van der Waals surface area contributed by atoms with Crippen molar-refractivity contribution < 1.29 is 23.9 Å². The molecule has 4 aromatic rings. The molecule has 1 aliphatic carbocycles. The molecule has 2 heterocycles. The van der Waals surface area contributed by atoms with E-state index in [1.54, 1.807) is 62.4 Å². The van der Waals surface area contributed by atoms with Gasteiger partial charge in [-0.1, -0.05) is 45.0 Å². The molecule has 0 fully saturated rings. The Kier molecular flexibility index (Phi) is 11.8. The number of carbonyl (C=O) groups excluding carboxylic acids is 4. The first-order valence-electron chi connectivity index (χ1n) is 16.2. The monoisotopic (exact) mass is 715 g/mol. The number of hydrogen-bond acceptors (Lipinski definition) is 8. The molecule has 0 radical (unpaired) electrons. The van der Waals surface area contributed by atoms with Crippen molar-refractivity contribution in [2.24, 2.45) is 11.3 Å². The molecule has 1 aliphatic rings. The van der Waals surface area contributed by atoms with Crippen molar-refractivity contribution in [2.75, 3.05) is 17.2 Å². The Balaban J connectivity index is 1.28. The molecule has 0 spiro atoms. The molecule has 256 valence electrons. The van der Waals surface area contributed by atoms with Crippen LogP contribution in [0.3, 0.4) is 0 Å². The molecule has 2 aromatic carbocycles. The van der Waals surface area contributed by atoms with Gasteiger partial charge in [-0.25, -0.2) is 4.79 Å². The lowest BCUT2D eigenvalue weighted by atomic mass is 9.72. The zero-order chi connectivity index (χ0) is 35.1. The van der Waals surface area contributed by atoms with Crippen LogP contribution in [0.15, 0.2) is 82.0 Å². The Bertz CT molecular complexity index is 1840. The van der Waals surface area contributed by atoms with Crippen molar-refractivity contribution in [1.29, 1.82) is 0 Å². The number of thioether (sulfide) groups is 1. The van der Waals surface area contributed by atoms with Crippen LogP contribution in [0.5, 0.6) is 0 Å². The number of rotatable bonds is 11. The molecule has 8 nitrogen and oxygen atoms in total. The summed E-state index contributed by atoms with van der Waals surface area (Å²) in [6.45, 7) is 10.6. The first-order chi connectivity index (χ1) is 23.4. The lowest BCUT2D eigenvalue weighted by molar-refractivity contribution is -0.115. The van der Waals surface area contributed by atoms with Gasteiger partial charge >= 0.3 is 5.97 Å². The van der Waals surface area contributed by atoms with Gasteiger partial charge < -0.3 is 20.7 Å². The summed E-state index contributed by atoms with van der Waals surface area (Å²) in [5.41, 5.74) is 3.46. The quantitative estimate of drug-likeness (QED) is 0.0814. The van der Waals surface area contributed by atoms with Crippen molar-refractivity contribution in [3.8, 4) is 0 Å². The van der Waals surface area contributed by atoms with Crippen molar-refractivity contribution >= 4 is 74.9 Å². The normalized spacial score (nSPS) is 15.1. The van der Waals surface area contributed by atoms with Crippen LogP contribution in [-0.2, 0) is 27.2 Å². The van der Waals surface area contributed by atoms with Gasteiger partial charge in [-0.2, -0.15) is 11.3 Å². The van der Waals surface area contributed by atoms with Gasteiger partial charge in [0.25, 0.3) is 11.8 Å². The molecule has 3 amide bonds. The van der Waals surface area contributed by atoms with E-state index >= 15 is 0 Å². The molecule has 5 rings (SSSR count). The second-order valence-corrected chi connectivity index (χ2v) is 16.2. The summed E-state index contributed by atoms with van der Waals surface area (Å²) in [7, 11) is 0. The number of amides is 3. The minimum absolute atomic E-state index is 0.0999. The molecule has 2 aromatic heterocycles. The summed E-state index contributed by atoms with van der Waals surface area (Å²) in [5, 5.41) is 12.5. The smallest absolute Gasteiger partial charge is 0.341 e. The number of esters is 1. The molecular formula is C38H41N3O5S3. The van der Waals surface area contributed by atoms with Crippen molar-refractivity contribution in [3.05, 3.63) is 104 Å². The molecule has 0 saturated heterocycles. The van der Waals surface area contributed by atoms with Crippen LogP contribution in [-0.4, -0.2) is 35.5 Å². The SMILES string of the molecule is CCOC(=O)c1c(NC(=O)C(C)Sc2cccc(NC(=O)/C(=C/c3ccsc3)NC(=O)c3ccccc3)c2)sc2c1CCC(C(C)(C)C)C2. The fourth-order valence-corrected chi connectivity index (χ4v) is 8.48. The number of carbonyl (C=O) groups is 4. The Labute approximate surface area is 299 Å². The first kappa shape index (κ1) is 36.1. The predicted octanol–water partition coefficient (Wildman–Crippen LogP) is 8.67. The van der Waals surface area contributed by atoms with Crippen LogP contribution < -0.4 is 16.0 Å². The van der Waals surface area contributed by atoms with Gasteiger partial charge in [0.1, 0.15) is 10.7 Å².